The number of aromatic nitrogens is 2. The molecule has 1 aliphatic rings. The maximum absolute atomic E-state index is 6.24. The molecular formula is C22H24N4O2. The van der Waals surface area contributed by atoms with Gasteiger partial charge in [-0.05, 0) is 62.1 Å². The van der Waals surface area contributed by atoms with Gasteiger partial charge in [0.15, 0.2) is 5.82 Å². The topological polar surface area (TPSA) is 82.3 Å². The molecule has 1 aromatic heterocycles. The van der Waals surface area contributed by atoms with Crippen LogP contribution in [0.25, 0.3) is 0 Å². The number of nitrogens with two attached hydrogens (primary N) is 1. The summed E-state index contributed by atoms with van der Waals surface area (Å²) in [5, 5.41) is 3.23. The van der Waals surface area contributed by atoms with Gasteiger partial charge in [0.1, 0.15) is 29.6 Å². The smallest absolute Gasteiger partial charge is 0.242 e. The summed E-state index contributed by atoms with van der Waals surface area (Å²) in [6.07, 6.45) is 7.42. The Balaban J connectivity index is 1.43. The first-order chi connectivity index (χ1) is 13.8. The third-order valence-corrected chi connectivity index (χ3v) is 4.77. The van der Waals surface area contributed by atoms with Gasteiger partial charge in [0, 0.05) is 5.69 Å². The number of benzene rings is 2. The Labute approximate surface area is 164 Å². The predicted molar refractivity (Wildman–Crippen MR) is 110 cm³/mol. The van der Waals surface area contributed by atoms with Gasteiger partial charge in [0.05, 0.1) is 0 Å². The van der Waals surface area contributed by atoms with Crippen LogP contribution in [-0.2, 0) is 0 Å². The van der Waals surface area contributed by atoms with Crippen LogP contribution in [0.2, 0.25) is 0 Å². The number of nitrogens with zero attached hydrogens (tertiary/aromatic N) is 2. The predicted octanol–water partition coefficient (Wildman–Crippen LogP) is 5.31. The van der Waals surface area contributed by atoms with Gasteiger partial charge < -0.3 is 20.5 Å². The molecular weight excluding hydrogens is 352 g/mol. The maximum atomic E-state index is 6.24. The number of hydrogen-bond donors (Lipinski definition) is 2. The van der Waals surface area contributed by atoms with Crippen LogP contribution in [0.3, 0.4) is 0 Å². The van der Waals surface area contributed by atoms with Gasteiger partial charge in [0.2, 0.25) is 5.88 Å². The number of rotatable bonds is 6. The van der Waals surface area contributed by atoms with E-state index in [2.05, 4.69) is 15.3 Å². The van der Waals surface area contributed by atoms with Crippen LogP contribution in [0.4, 0.5) is 17.2 Å². The van der Waals surface area contributed by atoms with Crippen molar-refractivity contribution in [3.05, 3.63) is 60.9 Å². The molecule has 2 aromatic carbocycles. The van der Waals surface area contributed by atoms with Gasteiger partial charge in [0.25, 0.3) is 0 Å². The molecule has 4 rings (SSSR count). The fourth-order valence-corrected chi connectivity index (χ4v) is 3.28. The van der Waals surface area contributed by atoms with E-state index in [0.29, 0.717) is 17.4 Å². The molecule has 6 heteroatoms. The van der Waals surface area contributed by atoms with Crippen molar-refractivity contribution < 1.29 is 9.47 Å². The molecule has 0 aliphatic heterocycles. The Morgan fingerprint density at radius 3 is 2.32 bits per heavy atom. The molecule has 3 aromatic rings. The van der Waals surface area contributed by atoms with Gasteiger partial charge in [-0.1, -0.05) is 24.6 Å². The van der Waals surface area contributed by atoms with Crippen LogP contribution in [0.1, 0.15) is 32.1 Å². The largest absolute Gasteiger partial charge is 0.473 e. The third kappa shape index (κ3) is 4.52. The first kappa shape index (κ1) is 18.1. The molecule has 0 atom stereocenters. The van der Waals surface area contributed by atoms with Crippen molar-refractivity contribution in [1.82, 2.24) is 9.97 Å². The van der Waals surface area contributed by atoms with E-state index in [9.17, 15) is 0 Å². The Hall–Kier alpha value is -3.28. The van der Waals surface area contributed by atoms with E-state index in [4.69, 9.17) is 15.2 Å². The summed E-state index contributed by atoms with van der Waals surface area (Å²) in [6, 6.07) is 17.3. The van der Waals surface area contributed by atoms with Gasteiger partial charge in [-0.15, -0.1) is 0 Å². The highest BCUT2D eigenvalue weighted by molar-refractivity contribution is 5.72. The number of anilines is 3. The molecule has 1 heterocycles. The normalized spacial score (nSPS) is 14.4. The summed E-state index contributed by atoms with van der Waals surface area (Å²) in [7, 11) is 0. The summed E-state index contributed by atoms with van der Waals surface area (Å²) in [4.78, 5) is 8.48. The molecule has 0 unspecified atom stereocenters. The van der Waals surface area contributed by atoms with Crippen LogP contribution < -0.4 is 20.5 Å². The summed E-state index contributed by atoms with van der Waals surface area (Å²) in [5.74, 6) is 2.55. The quantitative estimate of drug-likeness (QED) is 0.607. The van der Waals surface area contributed by atoms with Crippen molar-refractivity contribution in [2.24, 2.45) is 0 Å². The molecule has 0 amide bonds. The number of hydrogen-bond acceptors (Lipinski definition) is 6. The van der Waals surface area contributed by atoms with E-state index in [-0.39, 0.29) is 6.10 Å². The molecule has 144 valence electrons. The second-order valence-corrected chi connectivity index (χ2v) is 6.88. The standard InChI is InChI=1S/C22H24N4O2/c23-20-21(24-15-25-22(20)28-18-9-5-2-6-10-18)26-16-11-13-19(14-12-16)27-17-7-3-1-4-8-17/h1,3-4,7-8,11-15,18H,2,5-6,9-10,23H2,(H,24,25,26). The maximum Gasteiger partial charge on any atom is 0.242 e. The number of nitrogens with one attached hydrogen (secondary N) is 1. The zero-order valence-corrected chi connectivity index (χ0v) is 15.7. The van der Waals surface area contributed by atoms with Crippen molar-refractivity contribution in [2.75, 3.05) is 11.1 Å². The van der Waals surface area contributed by atoms with Gasteiger partial charge in [-0.25, -0.2) is 4.98 Å². The summed E-state index contributed by atoms with van der Waals surface area (Å²) < 4.78 is 11.8. The zero-order chi connectivity index (χ0) is 19.2. The number of para-hydroxylation sites is 1. The minimum Gasteiger partial charge on any atom is -0.473 e. The van der Waals surface area contributed by atoms with E-state index < -0.39 is 0 Å². The fraction of sp³-hybridized carbons (Fsp3) is 0.273. The zero-order valence-electron chi connectivity index (χ0n) is 15.7. The van der Waals surface area contributed by atoms with E-state index >= 15 is 0 Å². The van der Waals surface area contributed by atoms with Gasteiger partial charge in [-0.3, -0.25) is 0 Å². The average Bonchev–Trinajstić information content (AvgIpc) is 2.74. The van der Waals surface area contributed by atoms with E-state index in [0.717, 1.165) is 30.0 Å². The average molecular weight is 376 g/mol. The lowest BCUT2D eigenvalue weighted by Gasteiger charge is -2.23. The Kier molecular flexibility index (Phi) is 5.56. The lowest BCUT2D eigenvalue weighted by molar-refractivity contribution is 0.149. The van der Waals surface area contributed by atoms with Gasteiger partial charge >= 0.3 is 0 Å². The van der Waals surface area contributed by atoms with Crippen LogP contribution in [-0.4, -0.2) is 16.1 Å². The number of nitrogen functional groups attached to an aromatic ring is 1. The molecule has 1 aliphatic carbocycles. The first-order valence-electron chi connectivity index (χ1n) is 9.65. The molecule has 0 radical (unpaired) electrons. The summed E-state index contributed by atoms with van der Waals surface area (Å²) >= 11 is 0. The van der Waals surface area contributed by atoms with Crippen molar-refractivity contribution in [3.63, 3.8) is 0 Å². The lowest BCUT2D eigenvalue weighted by atomic mass is 9.98. The molecule has 28 heavy (non-hydrogen) atoms. The molecule has 0 bridgehead atoms. The van der Waals surface area contributed by atoms with Crippen LogP contribution in [0.15, 0.2) is 60.9 Å². The first-order valence-corrected chi connectivity index (χ1v) is 9.65. The molecule has 3 N–H and O–H groups in total. The Morgan fingerprint density at radius 2 is 1.57 bits per heavy atom. The van der Waals surface area contributed by atoms with E-state index in [1.54, 1.807) is 0 Å². The Morgan fingerprint density at radius 1 is 0.857 bits per heavy atom. The SMILES string of the molecule is Nc1c(Nc2ccc(Oc3ccccc3)cc2)ncnc1OC1CCCCC1. The second kappa shape index (κ2) is 8.61. The lowest BCUT2D eigenvalue weighted by Crippen LogP contribution is -2.21. The van der Waals surface area contributed by atoms with Crippen molar-refractivity contribution in [1.29, 1.82) is 0 Å². The van der Waals surface area contributed by atoms with E-state index in [1.807, 2.05) is 54.6 Å². The molecule has 1 saturated carbocycles. The second-order valence-electron chi connectivity index (χ2n) is 6.88. The molecule has 0 saturated heterocycles. The van der Waals surface area contributed by atoms with Crippen LogP contribution in [0, 0.1) is 0 Å². The summed E-state index contributed by atoms with van der Waals surface area (Å²) in [6.45, 7) is 0. The highest BCUT2D eigenvalue weighted by Crippen LogP contribution is 2.31. The molecule has 1 fully saturated rings. The monoisotopic (exact) mass is 376 g/mol. The van der Waals surface area contributed by atoms with Crippen molar-refractivity contribution in [3.8, 4) is 17.4 Å². The number of ether oxygens (including phenoxy) is 2. The highest BCUT2D eigenvalue weighted by atomic mass is 16.5. The minimum absolute atomic E-state index is 0.188. The molecule has 0 spiro atoms. The highest BCUT2D eigenvalue weighted by Gasteiger charge is 2.18. The van der Waals surface area contributed by atoms with E-state index in [1.165, 1.54) is 25.6 Å². The molecule has 6 nitrogen and oxygen atoms in total. The van der Waals surface area contributed by atoms with Crippen molar-refractivity contribution in [2.45, 2.75) is 38.2 Å². The van der Waals surface area contributed by atoms with Crippen molar-refractivity contribution >= 4 is 17.2 Å². The van der Waals surface area contributed by atoms with Crippen LogP contribution in [0.5, 0.6) is 17.4 Å². The third-order valence-electron chi connectivity index (χ3n) is 4.77. The summed E-state index contributed by atoms with van der Waals surface area (Å²) in [5.41, 5.74) is 7.53. The van der Waals surface area contributed by atoms with Crippen LogP contribution >= 0.6 is 0 Å². The fourth-order valence-electron chi connectivity index (χ4n) is 3.28. The Bertz CT molecular complexity index is 894. The minimum atomic E-state index is 0.188. The van der Waals surface area contributed by atoms with Gasteiger partial charge in [-0.2, -0.15) is 4.98 Å².